The summed E-state index contributed by atoms with van der Waals surface area (Å²) in [5, 5.41) is 3.10. The van der Waals surface area contributed by atoms with Gasteiger partial charge in [0.25, 0.3) is 5.91 Å². The van der Waals surface area contributed by atoms with Crippen molar-refractivity contribution in [3.63, 3.8) is 0 Å². The highest BCUT2D eigenvalue weighted by Crippen LogP contribution is 2.23. The molecule has 0 spiro atoms. The summed E-state index contributed by atoms with van der Waals surface area (Å²) >= 11 is 0. The van der Waals surface area contributed by atoms with Crippen LogP contribution in [0.1, 0.15) is 54.1 Å². The Balaban J connectivity index is 2.10. The van der Waals surface area contributed by atoms with Gasteiger partial charge in [0.05, 0.1) is 6.04 Å². The number of hydrogen-bond donors (Lipinski definition) is 1. The van der Waals surface area contributed by atoms with Crippen molar-refractivity contribution in [2.45, 2.75) is 60.1 Å². The number of aryl methyl sites for hydroxylation is 3. The average Bonchev–Trinajstić information content (AvgIpc) is 2.55. The van der Waals surface area contributed by atoms with Gasteiger partial charge in [0.2, 0.25) is 0 Å². The molecule has 2 aromatic rings. The van der Waals surface area contributed by atoms with Crippen LogP contribution in [-0.2, 0) is 4.79 Å². The molecule has 2 aromatic carbocycles. The lowest BCUT2D eigenvalue weighted by Crippen LogP contribution is -2.39. The van der Waals surface area contributed by atoms with Gasteiger partial charge in [-0.3, -0.25) is 4.79 Å². The Morgan fingerprint density at radius 2 is 1.80 bits per heavy atom. The predicted octanol–water partition coefficient (Wildman–Crippen LogP) is 4.96. The summed E-state index contributed by atoms with van der Waals surface area (Å²) in [6.07, 6.45) is 0.132. The zero-order chi connectivity index (χ0) is 18.6. The van der Waals surface area contributed by atoms with Crippen molar-refractivity contribution < 1.29 is 9.53 Å². The van der Waals surface area contributed by atoms with E-state index >= 15 is 0 Å². The summed E-state index contributed by atoms with van der Waals surface area (Å²) < 4.78 is 6.01. The number of nitrogens with one attached hydrogen (secondary N) is 1. The van der Waals surface area contributed by atoms with Crippen molar-refractivity contribution in [3.8, 4) is 5.75 Å². The number of amides is 1. The van der Waals surface area contributed by atoms with Gasteiger partial charge in [-0.25, -0.2) is 0 Å². The van der Waals surface area contributed by atoms with Gasteiger partial charge in [-0.1, -0.05) is 42.8 Å². The molecule has 0 fully saturated rings. The van der Waals surface area contributed by atoms with Crippen molar-refractivity contribution >= 4 is 5.91 Å². The lowest BCUT2D eigenvalue weighted by Gasteiger charge is -2.23. The summed E-state index contributed by atoms with van der Waals surface area (Å²) in [5.74, 6) is 0.706. The third-order valence-corrected chi connectivity index (χ3v) is 4.74. The van der Waals surface area contributed by atoms with Gasteiger partial charge in [-0.15, -0.1) is 0 Å². The van der Waals surface area contributed by atoms with E-state index in [0.29, 0.717) is 6.42 Å². The van der Waals surface area contributed by atoms with E-state index in [2.05, 4.69) is 37.4 Å². The van der Waals surface area contributed by atoms with Crippen LogP contribution in [0.4, 0.5) is 0 Å². The zero-order valence-electron chi connectivity index (χ0n) is 16.1. The Hall–Kier alpha value is -2.29. The first kappa shape index (κ1) is 19.0. The predicted molar refractivity (Wildman–Crippen MR) is 103 cm³/mol. The Morgan fingerprint density at radius 1 is 1.08 bits per heavy atom. The summed E-state index contributed by atoms with van der Waals surface area (Å²) in [5.41, 5.74) is 5.80. The SMILES string of the molecule is CC[C@@H](Oc1cccc(C)c1C)C(=O)N[C@H](C)c1ccc(C)cc1C. The van der Waals surface area contributed by atoms with E-state index in [0.717, 1.165) is 22.4 Å². The molecule has 0 saturated heterocycles. The molecule has 134 valence electrons. The fraction of sp³-hybridized carbons (Fsp3) is 0.409. The van der Waals surface area contributed by atoms with Gasteiger partial charge >= 0.3 is 0 Å². The number of hydrogen-bond acceptors (Lipinski definition) is 2. The van der Waals surface area contributed by atoms with Crippen LogP contribution in [0.25, 0.3) is 0 Å². The van der Waals surface area contributed by atoms with Gasteiger partial charge < -0.3 is 10.1 Å². The van der Waals surface area contributed by atoms with E-state index < -0.39 is 6.10 Å². The van der Waals surface area contributed by atoms with E-state index in [1.807, 2.05) is 45.9 Å². The van der Waals surface area contributed by atoms with Crippen LogP contribution in [-0.4, -0.2) is 12.0 Å². The highest BCUT2D eigenvalue weighted by Gasteiger charge is 2.22. The second-order valence-corrected chi connectivity index (χ2v) is 6.80. The van der Waals surface area contributed by atoms with E-state index in [4.69, 9.17) is 4.74 Å². The van der Waals surface area contributed by atoms with Crippen molar-refractivity contribution in [1.29, 1.82) is 0 Å². The monoisotopic (exact) mass is 339 g/mol. The minimum absolute atomic E-state index is 0.0515. The van der Waals surface area contributed by atoms with E-state index in [-0.39, 0.29) is 11.9 Å². The van der Waals surface area contributed by atoms with Crippen molar-refractivity contribution in [3.05, 3.63) is 64.2 Å². The van der Waals surface area contributed by atoms with Crippen molar-refractivity contribution in [1.82, 2.24) is 5.32 Å². The van der Waals surface area contributed by atoms with Gasteiger partial charge in [-0.05, 0) is 69.4 Å². The Morgan fingerprint density at radius 3 is 2.44 bits per heavy atom. The molecule has 1 amide bonds. The van der Waals surface area contributed by atoms with Crippen LogP contribution in [0.5, 0.6) is 5.75 Å². The van der Waals surface area contributed by atoms with Crippen LogP contribution in [0.2, 0.25) is 0 Å². The summed E-state index contributed by atoms with van der Waals surface area (Å²) in [7, 11) is 0. The molecule has 0 heterocycles. The molecule has 2 atom stereocenters. The van der Waals surface area contributed by atoms with Crippen LogP contribution in [0, 0.1) is 27.7 Å². The zero-order valence-corrected chi connectivity index (χ0v) is 16.1. The lowest BCUT2D eigenvalue weighted by molar-refractivity contribution is -0.128. The Labute approximate surface area is 151 Å². The molecule has 3 nitrogen and oxygen atoms in total. The van der Waals surface area contributed by atoms with Crippen LogP contribution in [0.3, 0.4) is 0 Å². The number of carbonyl (C=O) groups excluding carboxylic acids is 1. The fourth-order valence-electron chi connectivity index (χ4n) is 3.02. The van der Waals surface area contributed by atoms with Gasteiger partial charge in [0.15, 0.2) is 6.10 Å². The molecule has 2 rings (SSSR count). The van der Waals surface area contributed by atoms with E-state index in [9.17, 15) is 4.79 Å². The maximum atomic E-state index is 12.7. The molecule has 0 aliphatic rings. The molecular weight excluding hydrogens is 310 g/mol. The van der Waals surface area contributed by atoms with Gasteiger partial charge in [-0.2, -0.15) is 0 Å². The summed E-state index contributed by atoms with van der Waals surface area (Å²) in [6.45, 7) is 12.2. The van der Waals surface area contributed by atoms with Crippen LogP contribution >= 0.6 is 0 Å². The molecule has 3 heteroatoms. The second-order valence-electron chi connectivity index (χ2n) is 6.80. The minimum Gasteiger partial charge on any atom is -0.480 e. The number of rotatable bonds is 6. The van der Waals surface area contributed by atoms with E-state index in [1.165, 1.54) is 11.1 Å². The first-order valence-corrected chi connectivity index (χ1v) is 8.93. The normalized spacial score (nSPS) is 13.2. The number of carbonyl (C=O) groups is 1. The topological polar surface area (TPSA) is 38.3 Å². The molecule has 0 radical (unpaired) electrons. The third-order valence-electron chi connectivity index (χ3n) is 4.74. The Bertz CT molecular complexity index is 752. The summed E-state index contributed by atoms with van der Waals surface area (Å²) in [4.78, 5) is 12.7. The quantitative estimate of drug-likeness (QED) is 0.808. The molecular formula is C22H29NO2. The molecule has 0 saturated carbocycles. The van der Waals surface area contributed by atoms with Crippen LogP contribution in [0.15, 0.2) is 36.4 Å². The van der Waals surface area contributed by atoms with E-state index in [1.54, 1.807) is 0 Å². The van der Waals surface area contributed by atoms with Gasteiger partial charge in [0, 0.05) is 0 Å². The molecule has 25 heavy (non-hydrogen) atoms. The summed E-state index contributed by atoms with van der Waals surface area (Å²) in [6, 6.07) is 12.2. The second kappa shape index (κ2) is 8.19. The molecule has 0 bridgehead atoms. The van der Waals surface area contributed by atoms with Gasteiger partial charge in [0.1, 0.15) is 5.75 Å². The fourth-order valence-corrected chi connectivity index (χ4v) is 3.02. The molecule has 0 unspecified atom stereocenters. The maximum Gasteiger partial charge on any atom is 0.261 e. The first-order valence-electron chi connectivity index (χ1n) is 8.93. The minimum atomic E-state index is -0.492. The smallest absolute Gasteiger partial charge is 0.261 e. The Kier molecular flexibility index (Phi) is 6.24. The highest BCUT2D eigenvalue weighted by molar-refractivity contribution is 5.81. The van der Waals surface area contributed by atoms with Crippen LogP contribution < -0.4 is 10.1 Å². The standard InChI is InChI=1S/C22H29NO2/c1-7-20(25-21-10-8-9-15(3)17(21)5)22(24)23-18(6)19-12-11-14(2)13-16(19)4/h8-13,18,20H,7H2,1-6H3,(H,23,24)/t18-,20-/m1/s1. The largest absolute Gasteiger partial charge is 0.480 e. The first-order chi connectivity index (χ1) is 11.8. The molecule has 0 aliphatic heterocycles. The number of ether oxygens (including phenoxy) is 1. The average molecular weight is 339 g/mol. The third kappa shape index (κ3) is 4.62. The lowest BCUT2D eigenvalue weighted by atomic mass is 10.00. The molecule has 1 N–H and O–H groups in total. The highest BCUT2D eigenvalue weighted by atomic mass is 16.5. The maximum absolute atomic E-state index is 12.7. The molecule has 0 aromatic heterocycles. The number of benzene rings is 2. The van der Waals surface area contributed by atoms with Crippen molar-refractivity contribution in [2.24, 2.45) is 0 Å². The molecule has 0 aliphatic carbocycles. The van der Waals surface area contributed by atoms with Crippen molar-refractivity contribution in [2.75, 3.05) is 0 Å².